The first-order valence-corrected chi connectivity index (χ1v) is 2.65. The summed E-state index contributed by atoms with van der Waals surface area (Å²) < 4.78 is 4.58. The van der Waals surface area contributed by atoms with Crippen LogP contribution < -0.4 is 11.1 Å². The largest absolute Gasteiger partial charge is 0.383 e. The highest BCUT2D eigenvalue weighted by molar-refractivity contribution is 5.82. The summed E-state index contributed by atoms with van der Waals surface area (Å²) in [5.74, 6) is -0.524. The highest BCUT2D eigenvalue weighted by Crippen LogP contribution is 1.78. The Kier molecular flexibility index (Phi) is 4.20. The van der Waals surface area contributed by atoms with Crippen LogP contribution in [0.5, 0.6) is 0 Å². The third-order valence-electron chi connectivity index (χ3n) is 0.862. The third-order valence-corrected chi connectivity index (χ3v) is 0.862. The molecule has 0 aliphatic carbocycles. The maximum absolute atomic E-state index is 10.6. The second kappa shape index (κ2) is 4.73. The Bertz CT molecular complexity index is 151. The molecule has 1 unspecified atom stereocenters. The Morgan fingerprint density at radius 3 is 3.00 bits per heavy atom. The minimum atomic E-state index is -0.760. The van der Waals surface area contributed by atoms with Gasteiger partial charge in [0.05, 0.1) is 6.61 Å². The standard InChI is InChI=1S/C5H9N3O2/c1-10-2-4(7)5(9)8-3-6/h4H,2,7H2,1H3,(H,8,9). The third kappa shape index (κ3) is 3.02. The Hall–Kier alpha value is -1.12. The van der Waals surface area contributed by atoms with Gasteiger partial charge < -0.3 is 10.5 Å². The van der Waals surface area contributed by atoms with Crippen LogP contribution in [0.2, 0.25) is 0 Å². The van der Waals surface area contributed by atoms with Crippen LogP contribution in [0, 0.1) is 11.5 Å². The summed E-state index contributed by atoms with van der Waals surface area (Å²) in [7, 11) is 1.43. The molecule has 0 saturated carbocycles. The number of ether oxygens (including phenoxy) is 1. The summed E-state index contributed by atoms with van der Waals surface area (Å²) in [6, 6.07) is -0.760. The number of nitrogens with two attached hydrogens (primary N) is 1. The number of nitriles is 1. The minimum Gasteiger partial charge on any atom is -0.383 e. The van der Waals surface area contributed by atoms with E-state index in [0.29, 0.717) is 0 Å². The summed E-state index contributed by atoms with van der Waals surface area (Å²) in [4.78, 5) is 10.6. The smallest absolute Gasteiger partial charge is 0.252 e. The molecule has 10 heavy (non-hydrogen) atoms. The molecule has 0 heterocycles. The van der Waals surface area contributed by atoms with Crippen LogP contribution in [0.4, 0.5) is 0 Å². The Labute approximate surface area is 58.8 Å². The van der Waals surface area contributed by atoms with Crippen molar-refractivity contribution in [1.82, 2.24) is 5.32 Å². The molecule has 0 fully saturated rings. The lowest BCUT2D eigenvalue weighted by atomic mass is 10.3. The van der Waals surface area contributed by atoms with Gasteiger partial charge in [0.1, 0.15) is 6.04 Å². The molecular formula is C5H9N3O2. The number of hydrogen-bond donors (Lipinski definition) is 2. The maximum Gasteiger partial charge on any atom is 0.252 e. The van der Waals surface area contributed by atoms with Crippen molar-refractivity contribution in [3.63, 3.8) is 0 Å². The molecule has 0 aromatic rings. The molecule has 0 rings (SSSR count). The fraction of sp³-hybridized carbons (Fsp3) is 0.600. The lowest BCUT2D eigenvalue weighted by Gasteiger charge is -2.05. The van der Waals surface area contributed by atoms with E-state index in [1.807, 2.05) is 5.32 Å². The highest BCUT2D eigenvalue weighted by Gasteiger charge is 2.10. The van der Waals surface area contributed by atoms with Gasteiger partial charge in [0.15, 0.2) is 6.19 Å². The molecule has 0 spiro atoms. The zero-order valence-electron chi connectivity index (χ0n) is 5.63. The summed E-state index contributed by atoms with van der Waals surface area (Å²) in [5, 5.41) is 9.87. The van der Waals surface area contributed by atoms with Crippen LogP contribution in [-0.4, -0.2) is 25.7 Å². The van der Waals surface area contributed by atoms with Gasteiger partial charge in [0, 0.05) is 7.11 Å². The number of amides is 1. The van der Waals surface area contributed by atoms with E-state index >= 15 is 0 Å². The number of hydrogen-bond acceptors (Lipinski definition) is 4. The number of methoxy groups -OCH3 is 1. The first-order valence-electron chi connectivity index (χ1n) is 2.65. The van der Waals surface area contributed by atoms with Crippen LogP contribution in [0.1, 0.15) is 0 Å². The van der Waals surface area contributed by atoms with Gasteiger partial charge in [-0.05, 0) is 0 Å². The number of carbonyl (C=O) groups is 1. The summed E-state index contributed by atoms with van der Waals surface area (Å²) in [5.41, 5.74) is 5.23. The van der Waals surface area contributed by atoms with Crippen molar-refractivity contribution < 1.29 is 9.53 Å². The van der Waals surface area contributed by atoms with E-state index in [0.717, 1.165) is 0 Å². The van der Waals surface area contributed by atoms with E-state index in [2.05, 4.69) is 4.74 Å². The van der Waals surface area contributed by atoms with E-state index in [1.54, 1.807) is 0 Å². The van der Waals surface area contributed by atoms with Crippen LogP contribution in [-0.2, 0) is 9.53 Å². The van der Waals surface area contributed by atoms with Crippen molar-refractivity contribution in [3.8, 4) is 6.19 Å². The summed E-state index contributed by atoms with van der Waals surface area (Å²) in [6.45, 7) is 0.119. The van der Waals surface area contributed by atoms with Gasteiger partial charge >= 0.3 is 0 Å². The molecule has 1 amide bonds. The van der Waals surface area contributed by atoms with E-state index in [-0.39, 0.29) is 6.61 Å². The van der Waals surface area contributed by atoms with Crippen molar-refractivity contribution in [2.75, 3.05) is 13.7 Å². The van der Waals surface area contributed by atoms with Crippen molar-refractivity contribution in [1.29, 1.82) is 5.26 Å². The molecule has 56 valence electrons. The van der Waals surface area contributed by atoms with E-state index in [1.165, 1.54) is 13.3 Å². The molecule has 0 saturated heterocycles. The zero-order chi connectivity index (χ0) is 7.98. The number of carbonyl (C=O) groups excluding carboxylic acids is 1. The Balaban J connectivity index is 3.62. The predicted octanol–water partition coefficient (Wildman–Crippen LogP) is -1.44. The lowest BCUT2D eigenvalue weighted by Crippen LogP contribution is -2.41. The monoisotopic (exact) mass is 143 g/mol. The van der Waals surface area contributed by atoms with Crippen molar-refractivity contribution >= 4 is 5.91 Å². The van der Waals surface area contributed by atoms with Gasteiger partial charge in [-0.1, -0.05) is 0 Å². The van der Waals surface area contributed by atoms with Crippen LogP contribution in [0.25, 0.3) is 0 Å². The molecule has 0 aliphatic heterocycles. The fourth-order valence-electron chi connectivity index (χ4n) is 0.403. The van der Waals surface area contributed by atoms with Gasteiger partial charge in [-0.25, -0.2) is 0 Å². The van der Waals surface area contributed by atoms with Crippen LogP contribution in [0.3, 0.4) is 0 Å². The topological polar surface area (TPSA) is 88.1 Å². The number of nitrogens with one attached hydrogen (secondary N) is 1. The molecule has 0 aliphatic rings. The van der Waals surface area contributed by atoms with E-state index in [9.17, 15) is 4.79 Å². The summed E-state index contributed by atoms with van der Waals surface area (Å²) >= 11 is 0. The first-order chi connectivity index (χ1) is 4.72. The molecule has 0 bridgehead atoms. The van der Waals surface area contributed by atoms with E-state index < -0.39 is 11.9 Å². The second-order valence-electron chi connectivity index (χ2n) is 1.66. The molecular weight excluding hydrogens is 134 g/mol. The van der Waals surface area contributed by atoms with Crippen molar-refractivity contribution in [3.05, 3.63) is 0 Å². The van der Waals surface area contributed by atoms with Crippen molar-refractivity contribution in [2.24, 2.45) is 5.73 Å². The fourth-order valence-corrected chi connectivity index (χ4v) is 0.403. The van der Waals surface area contributed by atoms with Crippen LogP contribution >= 0.6 is 0 Å². The molecule has 0 radical (unpaired) electrons. The number of nitrogens with zero attached hydrogens (tertiary/aromatic N) is 1. The SMILES string of the molecule is COCC(N)C(=O)NC#N. The molecule has 0 aromatic heterocycles. The Morgan fingerprint density at radius 2 is 2.60 bits per heavy atom. The van der Waals surface area contributed by atoms with Gasteiger partial charge in [0.2, 0.25) is 0 Å². The lowest BCUT2D eigenvalue weighted by molar-refractivity contribution is -0.122. The molecule has 5 nitrogen and oxygen atoms in total. The molecule has 0 aromatic carbocycles. The molecule has 5 heteroatoms. The Morgan fingerprint density at radius 1 is 2.00 bits per heavy atom. The van der Waals surface area contributed by atoms with Gasteiger partial charge in [0.25, 0.3) is 5.91 Å². The first kappa shape index (κ1) is 8.88. The average Bonchev–Trinajstić information content (AvgIpc) is 1.89. The molecule has 1 atom stereocenters. The quantitative estimate of drug-likeness (QED) is 0.374. The maximum atomic E-state index is 10.6. The van der Waals surface area contributed by atoms with Gasteiger partial charge in [-0.3, -0.25) is 10.1 Å². The minimum absolute atomic E-state index is 0.119. The average molecular weight is 143 g/mol. The van der Waals surface area contributed by atoms with Crippen LogP contribution in [0.15, 0.2) is 0 Å². The summed E-state index contributed by atoms with van der Waals surface area (Å²) in [6.07, 6.45) is 1.47. The second-order valence-corrected chi connectivity index (χ2v) is 1.66. The molecule has 3 N–H and O–H groups in total. The normalized spacial score (nSPS) is 11.7. The van der Waals surface area contributed by atoms with Gasteiger partial charge in [-0.15, -0.1) is 0 Å². The highest BCUT2D eigenvalue weighted by atomic mass is 16.5. The van der Waals surface area contributed by atoms with E-state index in [4.69, 9.17) is 11.0 Å². The predicted molar refractivity (Wildman–Crippen MR) is 33.6 cm³/mol. The van der Waals surface area contributed by atoms with Crippen molar-refractivity contribution in [2.45, 2.75) is 6.04 Å². The van der Waals surface area contributed by atoms with Gasteiger partial charge in [-0.2, -0.15) is 5.26 Å². The zero-order valence-corrected chi connectivity index (χ0v) is 5.63. The number of rotatable bonds is 3.